The summed E-state index contributed by atoms with van der Waals surface area (Å²) in [5.41, 5.74) is 2.09. The van der Waals surface area contributed by atoms with Crippen molar-refractivity contribution in [3.63, 3.8) is 0 Å². The minimum absolute atomic E-state index is 0.0978. The van der Waals surface area contributed by atoms with Gasteiger partial charge in [0.1, 0.15) is 0 Å². The number of aryl methyl sites for hydroxylation is 1. The molecule has 5 heteroatoms. The molecule has 1 amide bonds. The molecule has 1 aliphatic heterocycles. The number of para-hydroxylation sites is 1. The first kappa shape index (κ1) is 17.0. The average Bonchev–Trinajstić information content (AvgIpc) is 2.98. The number of amides is 1. The van der Waals surface area contributed by atoms with Crippen LogP contribution in [0.3, 0.4) is 0 Å². The summed E-state index contributed by atoms with van der Waals surface area (Å²) >= 11 is 0. The van der Waals surface area contributed by atoms with E-state index in [0.717, 1.165) is 49.1 Å². The Balaban J connectivity index is 1.66. The number of rotatable bonds is 5. The molecule has 0 spiro atoms. The molecular weight excluding hydrogens is 300 g/mol. The van der Waals surface area contributed by atoms with Crippen LogP contribution in [0.1, 0.15) is 39.3 Å². The van der Waals surface area contributed by atoms with Crippen LogP contribution in [0, 0.1) is 5.92 Å². The van der Waals surface area contributed by atoms with Crippen molar-refractivity contribution in [3.05, 3.63) is 30.0 Å². The van der Waals surface area contributed by atoms with Crippen LogP contribution in [0.15, 0.2) is 24.3 Å². The van der Waals surface area contributed by atoms with Crippen molar-refractivity contribution in [1.82, 2.24) is 20.0 Å². The summed E-state index contributed by atoms with van der Waals surface area (Å²) in [4.78, 5) is 15.0. The van der Waals surface area contributed by atoms with Gasteiger partial charge in [0.25, 0.3) is 0 Å². The highest BCUT2D eigenvalue weighted by Crippen LogP contribution is 2.20. The lowest BCUT2D eigenvalue weighted by Gasteiger charge is -2.34. The highest BCUT2D eigenvalue weighted by molar-refractivity contribution is 5.83. The second-order valence-corrected chi connectivity index (χ2v) is 6.93. The lowest BCUT2D eigenvalue weighted by Crippen LogP contribution is -2.45. The first-order valence-corrected chi connectivity index (χ1v) is 9.06. The number of nitrogens with zero attached hydrogens (tertiary/aromatic N) is 3. The maximum atomic E-state index is 12.6. The summed E-state index contributed by atoms with van der Waals surface area (Å²) in [6, 6.07) is 8.72. The van der Waals surface area contributed by atoms with Gasteiger partial charge >= 0.3 is 0 Å². The molecule has 1 aliphatic rings. The maximum Gasteiger partial charge on any atom is 0.224 e. The number of hydrogen-bond acceptors (Lipinski definition) is 3. The molecule has 0 bridgehead atoms. The summed E-state index contributed by atoms with van der Waals surface area (Å²) in [6.45, 7) is 9.80. The molecule has 1 fully saturated rings. The molecule has 0 aliphatic carbocycles. The molecule has 2 aromatic rings. The number of hydrogen-bond donors (Lipinski definition) is 1. The van der Waals surface area contributed by atoms with Gasteiger partial charge in [0.05, 0.1) is 23.7 Å². The van der Waals surface area contributed by atoms with Crippen LogP contribution in [0.5, 0.6) is 0 Å². The van der Waals surface area contributed by atoms with Crippen molar-refractivity contribution in [2.24, 2.45) is 5.92 Å². The van der Waals surface area contributed by atoms with E-state index in [-0.39, 0.29) is 11.8 Å². The van der Waals surface area contributed by atoms with Crippen molar-refractivity contribution in [2.75, 3.05) is 13.1 Å². The predicted octanol–water partition coefficient (Wildman–Crippen LogP) is 2.79. The number of carbonyl (C=O) groups excluding carboxylic acids is 1. The summed E-state index contributed by atoms with van der Waals surface area (Å²) < 4.78 is 2.00. The molecule has 1 N–H and O–H groups in total. The monoisotopic (exact) mass is 328 g/mol. The maximum absolute atomic E-state index is 12.6. The van der Waals surface area contributed by atoms with E-state index in [2.05, 4.69) is 48.2 Å². The molecule has 0 radical (unpaired) electrons. The minimum Gasteiger partial charge on any atom is -0.350 e. The molecule has 1 saturated heterocycles. The lowest BCUT2D eigenvalue weighted by molar-refractivity contribution is -0.127. The van der Waals surface area contributed by atoms with E-state index in [4.69, 9.17) is 0 Å². The zero-order valence-electron chi connectivity index (χ0n) is 15.0. The second kappa shape index (κ2) is 7.34. The molecule has 1 atom stereocenters. The molecule has 130 valence electrons. The molecule has 24 heavy (non-hydrogen) atoms. The number of piperidine rings is 1. The van der Waals surface area contributed by atoms with Gasteiger partial charge < -0.3 is 10.2 Å². The number of likely N-dealkylation sites (tertiary alicyclic amines) is 1. The van der Waals surface area contributed by atoms with Crippen molar-refractivity contribution < 1.29 is 4.79 Å². The van der Waals surface area contributed by atoms with Gasteiger partial charge in [-0.2, -0.15) is 5.10 Å². The fourth-order valence-corrected chi connectivity index (χ4v) is 3.57. The Morgan fingerprint density at radius 2 is 2.17 bits per heavy atom. The van der Waals surface area contributed by atoms with Crippen LogP contribution < -0.4 is 5.32 Å². The van der Waals surface area contributed by atoms with E-state index in [1.807, 2.05) is 16.8 Å². The largest absolute Gasteiger partial charge is 0.350 e. The Hall–Kier alpha value is -1.88. The van der Waals surface area contributed by atoms with Crippen molar-refractivity contribution in [2.45, 2.75) is 52.7 Å². The minimum atomic E-state index is 0.0978. The lowest BCUT2D eigenvalue weighted by atomic mass is 9.96. The van der Waals surface area contributed by atoms with Gasteiger partial charge in [-0.1, -0.05) is 18.2 Å². The highest BCUT2D eigenvalue weighted by atomic mass is 16.1. The number of aromatic nitrogens is 2. The summed E-state index contributed by atoms with van der Waals surface area (Å²) in [6.07, 6.45) is 2.09. The van der Waals surface area contributed by atoms with Gasteiger partial charge in [-0.25, -0.2) is 0 Å². The van der Waals surface area contributed by atoms with E-state index in [1.165, 1.54) is 0 Å². The predicted molar refractivity (Wildman–Crippen MR) is 96.7 cm³/mol. The average molecular weight is 328 g/mol. The zero-order valence-corrected chi connectivity index (χ0v) is 15.0. The van der Waals surface area contributed by atoms with Crippen LogP contribution in [-0.2, 0) is 17.9 Å². The number of carbonyl (C=O) groups is 1. The quantitative estimate of drug-likeness (QED) is 0.918. The van der Waals surface area contributed by atoms with Gasteiger partial charge in [-0.05, 0) is 46.2 Å². The molecule has 0 unspecified atom stereocenters. The highest BCUT2D eigenvalue weighted by Gasteiger charge is 2.27. The first-order chi connectivity index (χ1) is 11.6. The van der Waals surface area contributed by atoms with Gasteiger partial charge in [0, 0.05) is 24.5 Å². The van der Waals surface area contributed by atoms with Crippen LogP contribution in [-0.4, -0.2) is 39.7 Å². The van der Waals surface area contributed by atoms with E-state index in [1.54, 1.807) is 0 Å². The van der Waals surface area contributed by atoms with E-state index in [9.17, 15) is 4.79 Å². The van der Waals surface area contributed by atoms with Gasteiger partial charge in [-0.15, -0.1) is 0 Å². The fourth-order valence-electron chi connectivity index (χ4n) is 3.57. The Bertz CT molecular complexity index is 706. The molecule has 2 heterocycles. The first-order valence-electron chi connectivity index (χ1n) is 9.06. The third kappa shape index (κ3) is 3.46. The van der Waals surface area contributed by atoms with E-state index in [0.29, 0.717) is 12.6 Å². The van der Waals surface area contributed by atoms with Crippen LogP contribution in [0.4, 0.5) is 0 Å². The van der Waals surface area contributed by atoms with E-state index < -0.39 is 0 Å². The summed E-state index contributed by atoms with van der Waals surface area (Å²) in [7, 11) is 0. The number of nitrogens with one attached hydrogen (secondary N) is 1. The Labute approximate surface area is 144 Å². The SMILES string of the molecule is CCn1nc(CNC(=O)[C@H]2CCCN(C(C)C)C2)c2ccccc21. The standard InChI is InChI=1S/C19H28N4O/c1-4-23-18-10-6-5-9-16(18)17(21-23)12-20-19(24)15-8-7-11-22(13-15)14(2)3/h5-6,9-10,14-15H,4,7-8,11-13H2,1-3H3,(H,20,24)/t15-/m0/s1. The normalized spacial score (nSPS) is 19.1. The molecule has 1 aromatic carbocycles. The van der Waals surface area contributed by atoms with Crippen molar-refractivity contribution >= 4 is 16.8 Å². The number of fused-ring (bicyclic) bond motifs is 1. The van der Waals surface area contributed by atoms with E-state index >= 15 is 0 Å². The van der Waals surface area contributed by atoms with Gasteiger partial charge in [0.15, 0.2) is 0 Å². The number of benzene rings is 1. The molecule has 5 nitrogen and oxygen atoms in total. The summed E-state index contributed by atoms with van der Waals surface area (Å²) in [5, 5.41) is 8.91. The molecular formula is C19H28N4O. The Kier molecular flexibility index (Phi) is 5.19. The molecule has 1 aromatic heterocycles. The van der Waals surface area contributed by atoms with Crippen molar-refractivity contribution in [3.8, 4) is 0 Å². The smallest absolute Gasteiger partial charge is 0.224 e. The summed E-state index contributed by atoms with van der Waals surface area (Å²) in [5.74, 6) is 0.260. The van der Waals surface area contributed by atoms with Gasteiger partial charge in [-0.3, -0.25) is 9.48 Å². The Morgan fingerprint density at radius 1 is 1.38 bits per heavy atom. The van der Waals surface area contributed by atoms with Crippen molar-refractivity contribution in [1.29, 1.82) is 0 Å². The van der Waals surface area contributed by atoms with Crippen LogP contribution in [0.2, 0.25) is 0 Å². The van der Waals surface area contributed by atoms with Gasteiger partial charge in [0.2, 0.25) is 5.91 Å². The second-order valence-electron chi connectivity index (χ2n) is 6.93. The molecule has 0 saturated carbocycles. The Morgan fingerprint density at radius 3 is 2.92 bits per heavy atom. The third-order valence-electron chi connectivity index (χ3n) is 5.02. The fraction of sp³-hybridized carbons (Fsp3) is 0.579. The zero-order chi connectivity index (χ0) is 17.1. The third-order valence-corrected chi connectivity index (χ3v) is 5.02. The topological polar surface area (TPSA) is 50.2 Å². The van der Waals surface area contributed by atoms with Crippen LogP contribution >= 0.6 is 0 Å². The molecule has 3 rings (SSSR count). The van der Waals surface area contributed by atoms with Crippen LogP contribution in [0.25, 0.3) is 10.9 Å².